The van der Waals surface area contributed by atoms with Crippen LogP contribution in [0.25, 0.3) is 0 Å². The van der Waals surface area contributed by atoms with Gasteiger partial charge < -0.3 is 19.0 Å². The average molecular weight is 345 g/mol. The molecule has 3 rings (SSSR count). The summed E-state index contributed by atoms with van der Waals surface area (Å²) < 4.78 is 29.5. The molecule has 1 amide bonds. The van der Waals surface area contributed by atoms with Gasteiger partial charge in [-0.3, -0.25) is 4.79 Å². The van der Waals surface area contributed by atoms with E-state index in [1.165, 1.54) is 12.1 Å². The fourth-order valence-corrected chi connectivity index (χ4v) is 3.72. The maximum absolute atomic E-state index is 12.3. The average Bonchev–Trinajstić information content (AvgIpc) is 2.71. The van der Waals surface area contributed by atoms with Crippen LogP contribution in [0.2, 0.25) is 0 Å². The van der Waals surface area contributed by atoms with E-state index >= 15 is 0 Å². The molecule has 23 heavy (non-hydrogen) atoms. The molecule has 1 saturated heterocycles. The predicted molar refractivity (Wildman–Crippen MR) is 71.4 cm³/mol. The maximum atomic E-state index is 12.3. The normalized spacial score (nSPS) is 19.8. The minimum absolute atomic E-state index is 0. The van der Waals surface area contributed by atoms with Crippen molar-refractivity contribution in [3.05, 3.63) is 41.3 Å². The number of aliphatic carboxylic acids is 1. The molecule has 0 aliphatic carbocycles. The molecule has 0 radical (unpaired) electrons. The summed E-state index contributed by atoms with van der Waals surface area (Å²) in [6, 6.07) is 5.71. The second-order valence-electron chi connectivity index (χ2n) is 5.24. The van der Waals surface area contributed by atoms with Crippen molar-refractivity contribution in [1.29, 1.82) is 0 Å². The monoisotopic (exact) mass is 345 g/mol. The van der Waals surface area contributed by atoms with Crippen LogP contribution in [0, 0.1) is 6.92 Å². The summed E-state index contributed by atoms with van der Waals surface area (Å²) >= 11 is 0. The van der Waals surface area contributed by atoms with Crippen molar-refractivity contribution in [2.75, 3.05) is 0 Å². The summed E-state index contributed by atoms with van der Waals surface area (Å²) in [6.45, 7) is 1.73. The van der Waals surface area contributed by atoms with E-state index in [9.17, 15) is 23.1 Å². The number of hydrogen-bond donors (Lipinski definition) is 0. The zero-order valence-corrected chi connectivity index (χ0v) is 15.4. The van der Waals surface area contributed by atoms with Gasteiger partial charge in [-0.15, -0.1) is 0 Å². The first-order chi connectivity index (χ1) is 10.3. The van der Waals surface area contributed by atoms with Crippen molar-refractivity contribution in [1.82, 2.24) is 4.90 Å². The topological polar surface area (TPSA) is 104 Å². The molecule has 1 unspecified atom stereocenters. The molecule has 2 heterocycles. The van der Waals surface area contributed by atoms with Crippen LogP contribution in [-0.4, -0.2) is 31.2 Å². The Hall–Kier alpha value is -1.35. The third-order valence-electron chi connectivity index (χ3n) is 3.65. The first-order valence-electron chi connectivity index (χ1n) is 6.57. The first kappa shape index (κ1) is 18.0. The number of β-lactam (4-membered cyclic amide) rings is 1. The number of amides is 1. The molecule has 0 N–H and O–H groups in total. The van der Waals surface area contributed by atoms with E-state index in [2.05, 4.69) is 0 Å². The molecule has 0 saturated carbocycles. The predicted octanol–water partition coefficient (Wildman–Crippen LogP) is -3.33. The molecule has 1 fully saturated rings. The molecule has 1 aromatic rings. The number of hydrogen-bond acceptors (Lipinski definition) is 6. The van der Waals surface area contributed by atoms with Gasteiger partial charge in [0, 0.05) is 12.8 Å². The Morgan fingerprint density at radius 3 is 2.61 bits per heavy atom. The van der Waals surface area contributed by atoms with Gasteiger partial charge in [0.15, 0.2) is 0 Å². The van der Waals surface area contributed by atoms with Crippen molar-refractivity contribution in [2.24, 2.45) is 0 Å². The Morgan fingerprint density at radius 2 is 2.04 bits per heavy atom. The molecule has 0 bridgehead atoms. The molecular formula is C14H12NNaO6S. The first-order valence-corrected chi connectivity index (χ1v) is 7.98. The van der Waals surface area contributed by atoms with Gasteiger partial charge in [0.05, 0.1) is 12.0 Å². The Bertz CT molecular complexity index is 816. The fraction of sp³-hybridized carbons (Fsp3) is 0.286. The third-order valence-corrected chi connectivity index (χ3v) is 4.90. The number of carbonyl (C=O) groups excluding carboxylic acids is 2. The maximum Gasteiger partial charge on any atom is 1.00 e. The van der Waals surface area contributed by atoms with Crippen LogP contribution in [0.15, 0.2) is 40.6 Å². The number of carbonyl (C=O) groups is 2. The van der Waals surface area contributed by atoms with Crippen molar-refractivity contribution < 1.29 is 56.9 Å². The number of rotatable bonds is 4. The summed E-state index contributed by atoms with van der Waals surface area (Å²) in [6.07, 6.45) is 0.230. The van der Waals surface area contributed by atoms with Crippen LogP contribution in [0.1, 0.15) is 18.4 Å². The van der Waals surface area contributed by atoms with Crippen LogP contribution in [-0.2, 0) is 23.9 Å². The largest absolute Gasteiger partial charge is 1.00 e. The Balaban J connectivity index is 0.00000192. The molecule has 9 heteroatoms. The summed E-state index contributed by atoms with van der Waals surface area (Å²) in [5.74, 6) is -2.25. The van der Waals surface area contributed by atoms with Crippen molar-refractivity contribution >= 4 is 22.0 Å². The van der Waals surface area contributed by atoms with Crippen molar-refractivity contribution in [2.45, 2.75) is 30.7 Å². The van der Waals surface area contributed by atoms with Gasteiger partial charge in [-0.25, -0.2) is 0 Å². The van der Waals surface area contributed by atoms with E-state index in [-0.39, 0.29) is 65.0 Å². The molecule has 7 nitrogen and oxygen atoms in total. The quantitative estimate of drug-likeness (QED) is 0.321. The van der Waals surface area contributed by atoms with Gasteiger partial charge in [0.1, 0.15) is 16.4 Å². The minimum Gasteiger partial charge on any atom is -0.543 e. The molecule has 0 aromatic heterocycles. The van der Waals surface area contributed by atoms with Crippen LogP contribution in [0.4, 0.5) is 0 Å². The van der Waals surface area contributed by atoms with Gasteiger partial charge >= 0.3 is 39.7 Å². The van der Waals surface area contributed by atoms with Crippen LogP contribution >= 0.6 is 0 Å². The van der Waals surface area contributed by atoms with E-state index in [4.69, 9.17) is 4.18 Å². The minimum atomic E-state index is -4.16. The zero-order chi connectivity index (χ0) is 16.1. The molecular weight excluding hydrogens is 333 g/mol. The summed E-state index contributed by atoms with van der Waals surface area (Å²) in [5.41, 5.74) is 0.238. The second kappa shape index (κ2) is 6.27. The van der Waals surface area contributed by atoms with E-state index < -0.39 is 21.8 Å². The molecule has 1 aromatic carbocycles. The number of benzene rings is 1. The Morgan fingerprint density at radius 1 is 1.35 bits per heavy atom. The Kier molecular flexibility index (Phi) is 4.91. The van der Waals surface area contributed by atoms with Gasteiger partial charge in [0.2, 0.25) is 5.91 Å². The number of carboxylic acid groups (broad SMARTS) is 1. The molecule has 1 atom stereocenters. The standard InChI is InChI=1S/C14H13NO6S.Na/c1-8-3-2-4-10(5-8)22(19,20)21-11-6-9-7-12(16)15(9)13(11)14(17)18;/h2-5,9H,6-7H2,1H3,(H,17,18);/q;+1/p-1. The number of nitrogens with zero attached hydrogens (tertiary/aromatic N) is 1. The summed E-state index contributed by atoms with van der Waals surface area (Å²) in [7, 11) is -4.16. The van der Waals surface area contributed by atoms with Crippen LogP contribution < -0.4 is 34.7 Å². The van der Waals surface area contributed by atoms with Crippen molar-refractivity contribution in [3.8, 4) is 0 Å². The van der Waals surface area contributed by atoms with Crippen molar-refractivity contribution in [3.63, 3.8) is 0 Å². The van der Waals surface area contributed by atoms with E-state index in [0.717, 1.165) is 10.5 Å². The smallest absolute Gasteiger partial charge is 0.543 e. The third kappa shape index (κ3) is 3.16. The zero-order valence-electron chi connectivity index (χ0n) is 12.6. The second-order valence-corrected chi connectivity index (χ2v) is 6.79. The number of aryl methyl sites for hydroxylation is 1. The van der Waals surface area contributed by atoms with Gasteiger partial charge in [-0.1, -0.05) is 12.1 Å². The molecule has 2 aliphatic rings. The summed E-state index contributed by atoms with van der Waals surface area (Å²) in [4.78, 5) is 23.6. The van der Waals surface area contributed by atoms with Gasteiger partial charge in [-0.05, 0) is 24.6 Å². The number of fused-ring (bicyclic) bond motifs is 1. The van der Waals surface area contributed by atoms with E-state index in [1.807, 2.05) is 0 Å². The van der Waals surface area contributed by atoms with Crippen LogP contribution in [0.5, 0.6) is 0 Å². The van der Waals surface area contributed by atoms with E-state index in [0.29, 0.717) is 0 Å². The molecule has 0 spiro atoms. The molecule has 116 valence electrons. The molecule has 2 aliphatic heterocycles. The number of carboxylic acids is 1. The Labute approximate surface area is 155 Å². The van der Waals surface area contributed by atoms with Gasteiger partial charge in [-0.2, -0.15) is 8.42 Å². The van der Waals surface area contributed by atoms with E-state index in [1.54, 1.807) is 19.1 Å². The SMILES string of the molecule is Cc1cccc(S(=O)(=O)OC2=C(C(=O)[O-])N3C(=O)CC3C2)c1.[Na+]. The van der Waals surface area contributed by atoms with Gasteiger partial charge in [0.25, 0.3) is 0 Å². The summed E-state index contributed by atoms with van der Waals surface area (Å²) in [5, 5.41) is 11.2. The van der Waals surface area contributed by atoms with Crippen LogP contribution in [0.3, 0.4) is 0 Å². The fourth-order valence-electron chi connectivity index (χ4n) is 2.64.